The van der Waals surface area contributed by atoms with E-state index in [1.165, 1.54) is 12.1 Å². The number of hydrogen-bond donors (Lipinski definition) is 2. The molecule has 2 aromatic carbocycles. The zero-order chi connectivity index (χ0) is 23.9. The Morgan fingerprint density at radius 2 is 1.88 bits per heavy atom. The molecule has 0 aliphatic carbocycles. The number of anilines is 1. The molecule has 0 radical (unpaired) electrons. The number of nitriles is 1. The quantitative estimate of drug-likeness (QED) is 0.412. The van der Waals surface area contributed by atoms with Gasteiger partial charge in [0.2, 0.25) is 5.91 Å². The number of primary amides is 1. The van der Waals surface area contributed by atoms with Gasteiger partial charge in [-0.1, -0.05) is 42.5 Å². The number of nitrogens with one attached hydrogen (secondary N) is 1. The van der Waals surface area contributed by atoms with E-state index in [2.05, 4.69) is 16.4 Å². The predicted octanol–water partition coefficient (Wildman–Crippen LogP) is 4.43. The van der Waals surface area contributed by atoms with E-state index in [0.717, 1.165) is 5.56 Å². The molecule has 168 valence electrons. The van der Waals surface area contributed by atoms with E-state index in [0.29, 0.717) is 46.9 Å². The molecule has 4 rings (SSSR count). The lowest BCUT2D eigenvalue weighted by Crippen LogP contribution is -2.25. The molecule has 0 spiro atoms. The predicted molar refractivity (Wildman–Crippen MR) is 128 cm³/mol. The van der Waals surface area contributed by atoms with Crippen molar-refractivity contribution in [3.63, 3.8) is 0 Å². The summed E-state index contributed by atoms with van der Waals surface area (Å²) in [5.41, 5.74) is 9.44. The number of rotatable bonds is 8. The van der Waals surface area contributed by atoms with E-state index in [1.807, 2.05) is 18.2 Å². The summed E-state index contributed by atoms with van der Waals surface area (Å²) in [4.78, 5) is 21.6. The highest BCUT2D eigenvalue weighted by Crippen LogP contribution is 2.31. The molecule has 1 unspecified atom stereocenters. The highest BCUT2D eigenvalue weighted by Gasteiger charge is 2.25. The minimum atomic E-state index is -0.814. The first-order chi connectivity index (χ1) is 16.6. The fourth-order valence-electron chi connectivity index (χ4n) is 3.82. The molecule has 4 aromatic rings. The fraction of sp³-hybridized carbons (Fsp3) is 0.111. The van der Waals surface area contributed by atoms with Gasteiger partial charge in [0.15, 0.2) is 0 Å². The van der Waals surface area contributed by atoms with E-state index in [1.54, 1.807) is 54.7 Å². The van der Waals surface area contributed by atoms with Crippen molar-refractivity contribution in [2.45, 2.75) is 12.3 Å². The summed E-state index contributed by atoms with van der Waals surface area (Å²) in [5, 5.41) is 12.8. The summed E-state index contributed by atoms with van der Waals surface area (Å²) in [7, 11) is 0. The van der Waals surface area contributed by atoms with Gasteiger partial charge in [-0.15, -0.1) is 0 Å². The van der Waals surface area contributed by atoms with Crippen molar-refractivity contribution < 1.29 is 9.18 Å². The van der Waals surface area contributed by atoms with E-state index >= 15 is 0 Å². The molecule has 2 aromatic heterocycles. The molecule has 0 saturated carbocycles. The largest absolute Gasteiger partial charge is 0.369 e. The van der Waals surface area contributed by atoms with E-state index in [9.17, 15) is 14.4 Å². The average molecular weight is 452 g/mol. The van der Waals surface area contributed by atoms with Gasteiger partial charge < -0.3 is 11.1 Å². The van der Waals surface area contributed by atoms with Crippen molar-refractivity contribution in [1.82, 2.24) is 9.97 Å². The van der Waals surface area contributed by atoms with Crippen molar-refractivity contribution in [2.75, 3.05) is 11.9 Å². The van der Waals surface area contributed by atoms with Gasteiger partial charge in [0.25, 0.3) is 0 Å². The van der Waals surface area contributed by atoms with E-state index in [4.69, 9.17) is 10.7 Å². The van der Waals surface area contributed by atoms with Crippen LogP contribution >= 0.6 is 0 Å². The van der Waals surface area contributed by atoms with Gasteiger partial charge in [0.05, 0.1) is 23.0 Å². The second-order valence-corrected chi connectivity index (χ2v) is 7.69. The first-order valence-electron chi connectivity index (χ1n) is 10.8. The second kappa shape index (κ2) is 10.4. The minimum absolute atomic E-state index is 0.296. The zero-order valence-electron chi connectivity index (χ0n) is 18.3. The number of nitrogens with zero attached hydrogens (tertiary/aromatic N) is 3. The Morgan fingerprint density at radius 3 is 2.62 bits per heavy atom. The summed E-state index contributed by atoms with van der Waals surface area (Å²) in [6.45, 7) is 0.445. The smallest absolute Gasteiger partial charge is 0.231 e. The third kappa shape index (κ3) is 5.08. The van der Waals surface area contributed by atoms with Crippen LogP contribution in [0, 0.1) is 17.1 Å². The summed E-state index contributed by atoms with van der Waals surface area (Å²) in [6.07, 6.45) is 2.15. The first kappa shape index (κ1) is 22.6. The summed E-state index contributed by atoms with van der Waals surface area (Å²) < 4.78 is 13.6. The maximum Gasteiger partial charge on any atom is 0.231 e. The molecule has 34 heavy (non-hydrogen) atoms. The first-order valence-corrected chi connectivity index (χ1v) is 10.8. The second-order valence-electron chi connectivity index (χ2n) is 7.69. The van der Waals surface area contributed by atoms with Gasteiger partial charge in [-0.05, 0) is 48.4 Å². The number of carbonyl (C=O) groups excluding carboxylic acids is 1. The third-order valence-electron chi connectivity index (χ3n) is 5.42. The number of halogens is 1. The molecule has 1 amide bonds. The summed E-state index contributed by atoms with van der Waals surface area (Å²) in [6, 6.07) is 24.6. The van der Waals surface area contributed by atoms with Crippen LogP contribution in [0.5, 0.6) is 0 Å². The Morgan fingerprint density at radius 1 is 1.06 bits per heavy atom. The maximum absolute atomic E-state index is 13.6. The summed E-state index contributed by atoms with van der Waals surface area (Å²) in [5.74, 6) is -1.21. The van der Waals surface area contributed by atoms with E-state index < -0.39 is 11.8 Å². The lowest BCUT2D eigenvalue weighted by molar-refractivity contribution is -0.118. The molecule has 0 saturated heterocycles. The lowest BCUT2D eigenvalue weighted by Gasteiger charge is -2.19. The Kier molecular flexibility index (Phi) is 6.89. The number of nitrogens with two attached hydrogens (primary N) is 1. The number of benzene rings is 2. The molecule has 7 heteroatoms. The normalized spacial score (nSPS) is 11.4. The molecule has 0 fully saturated rings. The van der Waals surface area contributed by atoms with Gasteiger partial charge in [-0.2, -0.15) is 5.26 Å². The van der Waals surface area contributed by atoms with Crippen LogP contribution in [0.4, 0.5) is 10.2 Å². The lowest BCUT2D eigenvalue weighted by atomic mass is 9.93. The zero-order valence-corrected chi connectivity index (χ0v) is 18.3. The average Bonchev–Trinajstić information content (AvgIpc) is 2.85. The molecule has 0 aliphatic heterocycles. The Hall–Kier alpha value is -4.57. The third-order valence-corrected chi connectivity index (χ3v) is 5.42. The van der Waals surface area contributed by atoms with Crippen LogP contribution in [0.15, 0.2) is 85.1 Å². The number of amides is 1. The van der Waals surface area contributed by atoms with Crippen molar-refractivity contribution in [3.8, 4) is 17.3 Å². The van der Waals surface area contributed by atoms with Gasteiger partial charge in [0.1, 0.15) is 17.6 Å². The van der Waals surface area contributed by atoms with E-state index in [-0.39, 0.29) is 5.82 Å². The van der Waals surface area contributed by atoms with Crippen LogP contribution in [-0.2, 0) is 11.2 Å². The number of hydrogen-bond acceptors (Lipinski definition) is 5. The molecule has 2 heterocycles. The molecule has 6 nitrogen and oxygen atoms in total. The van der Waals surface area contributed by atoms with Gasteiger partial charge >= 0.3 is 0 Å². The number of aromatic nitrogens is 2. The van der Waals surface area contributed by atoms with Crippen LogP contribution in [0.25, 0.3) is 11.3 Å². The van der Waals surface area contributed by atoms with Gasteiger partial charge in [0, 0.05) is 23.9 Å². The standard InChI is InChI=1S/C27H22FN5O/c28-20-8-5-6-18(16-20)13-15-32-27-22(25(26(30)34)24-10-3-4-14-31-24)11-12-23(33-27)21-9-2-1-7-19(21)17-29/h1-12,14,16,25H,13,15H2,(H2,30,34)(H,32,33). The molecular weight excluding hydrogens is 429 g/mol. The molecular formula is C27H22FN5O. The van der Waals surface area contributed by atoms with Crippen molar-refractivity contribution in [2.24, 2.45) is 5.73 Å². The monoisotopic (exact) mass is 451 g/mol. The Bertz CT molecular complexity index is 1350. The van der Waals surface area contributed by atoms with Crippen molar-refractivity contribution in [3.05, 3.63) is 113 Å². The number of carbonyl (C=O) groups is 1. The van der Waals surface area contributed by atoms with Crippen LogP contribution in [0.1, 0.15) is 28.3 Å². The molecule has 0 bridgehead atoms. The van der Waals surface area contributed by atoms with Crippen LogP contribution in [0.2, 0.25) is 0 Å². The maximum atomic E-state index is 13.6. The van der Waals surface area contributed by atoms with Crippen LogP contribution in [-0.4, -0.2) is 22.4 Å². The SMILES string of the molecule is N#Cc1ccccc1-c1ccc(C(C(N)=O)c2ccccn2)c(NCCc2cccc(F)c2)n1. The fourth-order valence-corrected chi connectivity index (χ4v) is 3.82. The Balaban J connectivity index is 1.74. The molecule has 3 N–H and O–H groups in total. The molecule has 0 aliphatic rings. The van der Waals surface area contributed by atoms with Crippen molar-refractivity contribution >= 4 is 11.7 Å². The van der Waals surface area contributed by atoms with Gasteiger partial charge in [-0.3, -0.25) is 9.78 Å². The minimum Gasteiger partial charge on any atom is -0.369 e. The summed E-state index contributed by atoms with van der Waals surface area (Å²) >= 11 is 0. The Labute approximate surface area is 196 Å². The van der Waals surface area contributed by atoms with Crippen LogP contribution < -0.4 is 11.1 Å². The number of pyridine rings is 2. The highest BCUT2D eigenvalue weighted by molar-refractivity contribution is 5.87. The van der Waals surface area contributed by atoms with Gasteiger partial charge in [-0.25, -0.2) is 9.37 Å². The van der Waals surface area contributed by atoms with Crippen LogP contribution in [0.3, 0.4) is 0 Å². The topological polar surface area (TPSA) is 105 Å². The van der Waals surface area contributed by atoms with Crippen molar-refractivity contribution in [1.29, 1.82) is 5.26 Å². The molecule has 1 atom stereocenters. The highest BCUT2D eigenvalue weighted by atomic mass is 19.1.